The van der Waals surface area contributed by atoms with E-state index in [-0.39, 0.29) is 5.41 Å². The van der Waals surface area contributed by atoms with Crippen molar-refractivity contribution in [2.45, 2.75) is 40.0 Å². The lowest BCUT2D eigenvalue weighted by molar-refractivity contribution is 0.174. The van der Waals surface area contributed by atoms with Gasteiger partial charge in [0.1, 0.15) is 0 Å². The third-order valence-corrected chi connectivity index (χ3v) is 4.62. The minimum atomic E-state index is 0.285. The Morgan fingerprint density at radius 1 is 1.37 bits per heavy atom. The normalized spacial score (nSPS) is 22.0. The van der Waals surface area contributed by atoms with E-state index in [0.717, 1.165) is 25.9 Å². The highest BCUT2D eigenvalue weighted by Crippen LogP contribution is 2.39. The van der Waals surface area contributed by atoms with Gasteiger partial charge in [-0.25, -0.2) is 0 Å². The van der Waals surface area contributed by atoms with Gasteiger partial charge < -0.3 is 4.90 Å². The van der Waals surface area contributed by atoms with E-state index in [9.17, 15) is 0 Å². The Hall–Kier alpha value is -1.49. The Kier molecular flexibility index (Phi) is 4.14. The molecule has 1 aliphatic heterocycles. The number of para-hydroxylation sites is 1. The van der Waals surface area contributed by atoms with Crippen molar-refractivity contribution in [3.05, 3.63) is 29.8 Å². The molecule has 0 aromatic heterocycles. The molecule has 1 aromatic carbocycles. The molecule has 0 radical (unpaired) electrons. The Morgan fingerprint density at radius 2 is 2.11 bits per heavy atom. The number of benzene rings is 1. The van der Waals surface area contributed by atoms with Gasteiger partial charge in [0.25, 0.3) is 0 Å². The van der Waals surface area contributed by atoms with Crippen molar-refractivity contribution in [2.24, 2.45) is 11.3 Å². The summed E-state index contributed by atoms with van der Waals surface area (Å²) >= 11 is 0. The van der Waals surface area contributed by atoms with Crippen LogP contribution >= 0.6 is 0 Å². The van der Waals surface area contributed by atoms with Gasteiger partial charge in [0, 0.05) is 25.2 Å². The van der Waals surface area contributed by atoms with Gasteiger partial charge in [-0.1, -0.05) is 39.0 Å². The van der Waals surface area contributed by atoms with Gasteiger partial charge in [-0.2, -0.15) is 5.26 Å². The molecule has 1 unspecified atom stereocenters. The molecule has 102 valence electrons. The average molecular weight is 256 g/mol. The maximum Gasteiger partial charge on any atom is 0.0625 e. The van der Waals surface area contributed by atoms with Crippen LogP contribution in [0.25, 0.3) is 0 Å². The molecule has 0 aliphatic carbocycles. The molecule has 1 atom stereocenters. The Morgan fingerprint density at radius 3 is 2.79 bits per heavy atom. The van der Waals surface area contributed by atoms with Crippen molar-refractivity contribution in [1.29, 1.82) is 5.26 Å². The highest BCUT2D eigenvalue weighted by atomic mass is 15.1. The number of anilines is 1. The Labute approximate surface area is 117 Å². The standard InChI is InChI=1S/C17H24N2/c1-4-14-7-5-6-8-16(14)19-12-10-17(2,3)15(13-19)9-11-18/h5-8,15H,4,9-10,12-13H2,1-3H3. The molecular weight excluding hydrogens is 232 g/mol. The molecule has 2 rings (SSSR count). The number of piperidine rings is 1. The van der Waals surface area contributed by atoms with Crippen LogP contribution in [-0.2, 0) is 6.42 Å². The van der Waals surface area contributed by atoms with Gasteiger partial charge in [-0.3, -0.25) is 0 Å². The summed E-state index contributed by atoms with van der Waals surface area (Å²) in [5.74, 6) is 0.469. The van der Waals surface area contributed by atoms with Crippen molar-refractivity contribution in [3.63, 3.8) is 0 Å². The maximum atomic E-state index is 9.04. The second-order valence-corrected chi connectivity index (χ2v) is 6.23. The number of aryl methyl sites for hydroxylation is 1. The Balaban J connectivity index is 2.21. The third kappa shape index (κ3) is 2.92. The molecule has 19 heavy (non-hydrogen) atoms. The number of hydrogen-bond acceptors (Lipinski definition) is 2. The van der Waals surface area contributed by atoms with E-state index in [1.54, 1.807) is 0 Å². The zero-order chi connectivity index (χ0) is 13.9. The Bertz CT molecular complexity index is 470. The largest absolute Gasteiger partial charge is 0.371 e. The van der Waals surface area contributed by atoms with E-state index < -0.39 is 0 Å². The fourth-order valence-corrected chi connectivity index (χ4v) is 3.02. The summed E-state index contributed by atoms with van der Waals surface area (Å²) < 4.78 is 0. The van der Waals surface area contributed by atoms with Gasteiger partial charge in [0.2, 0.25) is 0 Å². The first-order valence-electron chi connectivity index (χ1n) is 7.28. The first-order chi connectivity index (χ1) is 9.08. The number of nitrogens with zero attached hydrogens (tertiary/aromatic N) is 2. The van der Waals surface area contributed by atoms with Crippen LogP contribution < -0.4 is 4.90 Å². The minimum absolute atomic E-state index is 0.285. The summed E-state index contributed by atoms with van der Waals surface area (Å²) in [4.78, 5) is 2.48. The monoisotopic (exact) mass is 256 g/mol. The first-order valence-corrected chi connectivity index (χ1v) is 7.28. The van der Waals surface area contributed by atoms with Crippen LogP contribution in [0.1, 0.15) is 39.2 Å². The highest BCUT2D eigenvalue weighted by molar-refractivity contribution is 5.54. The molecule has 2 nitrogen and oxygen atoms in total. The summed E-state index contributed by atoms with van der Waals surface area (Å²) in [7, 11) is 0. The van der Waals surface area contributed by atoms with Crippen LogP contribution in [0.3, 0.4) is 0 Å². The van der Waals surface area contributed by atoms with Gasteiger partial charge >= 0.3 is 0 Å². The second kappa shape index (κ2) is 5.65. The summed E-state index contributed by atoms with van der Waals surface area (Å²) in [5, 5.41) is 9.04. The third-order valence-electron chi connectivity index (χ3n) is 4.62. The molecule has 1 fully saturated rings. The van der Waals surface area contributed by atoms with Crippen molar-refractivity contribution in [2.75, 3.05) is 18.0 Å². The highest BCUT2D eigenvalue weighted by Gasteiger charge is 2.35. The number of rotatable bonds is 3. The molecule has 2 heteroatoms. The molecule has 1 saturated heterocycles. The van der Waals surface area contributed by atoms with Crippen molar-refractivity contribution < 1.29 is 0 Å². The van der Waals surface area contributed by atoms with Crippen LogP contribution in [0.4, 0.5) is 5.69 Å². The number of nitriles is 1. The fraction of sp³-hybridized carbons (Fsp3) is 0.588. The topological polar surface area (TPSA) is 27.0 Å². The van der Waals surface area contributed by atoms with Gasteiger partial charge in [-0.05, 0) is 35.8 Å². The molecule has 1 heterocycles. The second-order valence-electron chi connectivity index (χ2n) is 6.23. The quantitative estimate of drug-likeness (QED) is 0.817. The molecule has 0 spiro atoms. The van der Waals surface area contributed by atoms with Crippen molar-refractivity contribution in [3.8, 4) is 6.07 Å². The lowest BCUT2D eigenvalue weighted by Gasteiger charge is -2.44. The smallest absolute Gasteiger partial charge is 0.0625 e. The molecule has 0 saturated carbocycles. The lowest BCUT2D eigenvalue weighted by atomic mass is 9.72. The minimum Gasteiger partial charge on any atom is -0.371 e. The van der Waals surface area contributed by atoms with E-state index >= 15 is 0 Å². The molecule has 0 bridgehead atoms. The van der Waals surface area contributed by atoms with Gasteiger partial charge in [0.05, 0.1) is 6.07 Å². The van der Waals surface area contributed by atoms with E-state index in [2.05, 4.69) is 56.0 Å². The predicted molar refractivity (Wildman–Crippen MR) is 80.2 cm³/mol. The lowest BCUT2D eigenvalue weighted by Crippen LogP contribution is -2.45. The fourth-order valence-electron chi connectivity index (χ4n) is 3.02. The predicted octanol–water partition coefficient (Wildman–Crippen LogP) is 4.02. The molecule has 0 amide bonds. The van der Waals surface area contributed by atoms with Crippen LogP contribution in [-0.4, -0.2) is 13.1 Å². The average Bonchev–Trinajstić information content (AvgIpc) is 2.41. The summed E-state index contributed by atoms with van der Waals surface area (Å²) in [6.45, 7) is 8.93. The first kappa shape index (κ1) is 13.9. The summed E-state index contributed by atoms with van der Waals surface area (Å²) in [6, 6.07) is 11.0. The maximum absolute atomic E-state index is 9.04. The molecule has 1 aliphatic rings. The van der Waals surface area contributed by atoms with E-state index in [0.29, 0.717) is 12.3 Å². The molecule has 0 N–H and O–H groups in total. The van der Waals surface area contributed by atoms with Crippen LogP contribution in [0, 0.1) is 22.7 Å². The van der Waals surface area contributed by atoms with Crippen molar-refractivity contribution >= 4 is 5.69 Å². The summed E-state index contributed by atoms with van der Waals surface area (Å²) in [5.41, 5.74) is 3.06. The van der Waals surface area contributed by atoms with Crippen molar-refractivity contribution in [1.82, 2.24) is 0 Å². The van der Waals surface area contributed by atoms with E-state index in [1.807, 2.05) is 0 Å². The van der Waals surface area contributed by atoms with Crippen LogP contribution in [0.15, 0.2) is 24.3 Å². The van der Waals surface area contributed by atoms with Gasteiger partial charge in [-0.15, -0.1) is 0 Å². The molecular formula is C17H24N2. The zero-order valence-electron chi connectivity index (χ0n) is 12.3. The van der Waals surface area contributed by atoms with Gasteiger partial charge in [0.15, 0.2) is 0 Å². The summed E-state index contributed by atoms with van der Waals surface area (Å²) in [6.07, 6.45) is 2.90. The zero-order valence-corrected chi connectivity index (χ0v) is 12.3. The van der Waals surface area contributed by atoms with E-state index in [4.69, 9.17) is 5.26 Å². The van der Waals surface area contributed by atoms with Crippen LogP contribution in [0.2, 0.25) is 0 Å². The van der Waals surface area contributed by atoms with Crippen LogP contribution in [0.5, 0.6) is 0 Å². The SMILES string of the molecule is CCc1ccccc1N1CCC(C)(C)C(CC#N)C1. The molecule has 1 aromatic rings. The van der Waals surface area contributed by atoms with E-state index in [1.165, 1.54) is 11.3 Å². The number of hydrogen-bond donors (Lipinski definition) is 0.